The molecule has 1 atom stereocenters. The van der Waals surface area contributed by atoms with E-state index in [9.17, 15) is 29.5 Å². The molecule has 0 bridgehead atoms. The number of carbonyl (C=O) groups is 4. The van der Waals surface area contributed by atoms with E-state index in [4.69, 9.17) is 14.6 Å². The fourth-order valence-corrected chi connectivity index (χ4v) is 3.20. The lowest BCUT2D eigenvalue weighted by atomic mass is 10.2. The Morgan fingerprint density at radius 1 is 1.29 bits per heavy atom. The SMILES string of the molecule is COCCN(CCC=O)c1nc(C(=O)N[C@H](CC(=O)O)C(=O)O)c(N2CCOCC2)nc1C#N. The summed E-state index contributed by atoms with van der Waals surface area (Å²) in [6.45, 7) is 2.00. The summed E-state index contributed by atoms with van der Waals surface area (Å²) in [5.74, 6) is -3.84. The molecule has 3 N–H and O–H groups in total. The van der Waals surface area contributed by atoms with Crippen LogP contribution in [0.1, 0.15) is 29.0 Å². The quantitative estimate of drug-likeness (QED) is 0.289. The number of aliphatic carboxylic acids is 2. The van der Waals surface area contributed by atoms with Crippen LogP contribution in [-0.4, -0.2) is 103 Å². The van der Waals surface area contributed by atoms with Crippen molar-refractivity contribution in [1.29, 1.82) is 5.26 Å². The van der Waals surface area contributed by atoms with Gasteiger partial charge < -0.3 is 39.6 Å². The van der Waals surface area contributed by atoms with Gasteiger partial charge in [-0.3, -0.25) is 9.59 Å². The van der Waals surface area contributed by atoms with Crippen LogP contribution in [0.15, 0.2) is 0 Å². The van der Waals surface area contributed by atoms with Gasteiger partial charge >= 0.3 is 11.9 Å². The predicted octanol–water partition coefficient (Wildman–Crippen LogP) is -1.12. The zero-order chi connectivity index (χ0) is 25.1. The van der Waals surface area contributed by atoms with Crippen LogP contribution < -0.4 is 15.1 Å². The molecule has 0 aliphatic carbocycles. The lowest BCUT2D eigenvalue weighted by Gasteiger charge is -2.30. The number of ether oxygens (including phenoxy) is 2. The number of rotatable bonds is 13. The highest BCUT2D eigenvalue weighted by Crippen LogP contribution is 2.25. The summed E-state index contributed by atoms with van der Waals surface area (Å²) < 4.78 is 10.4. The van der Waals surface area contributed by atoms with Crippen LogP contribution in [0.2, 0.25) is 0 Å². The summed E-state index contributed by atoms with van der Waals surface area (Å²) in [5.41, 5.74) is -0.374. The fourth-order valence-electron chi connectivity index (χ4n) is 3.20. The highest BCUT2D eigenvalue weighted by molar-refractivity contribution is 6.00. The number of aldehydes is 1. The summed E-state index contributed by atoms with van der Waals surface area (Å²) in [6.07, 6.45) is -0.0368. The number of amides is 1. The average molecular weight is 478 g/mol. The first-order valence-corrected chi connectivity index (χ1v) is 10.4. The molecule has 1 aromatic heterocycles. The van der Waals surface area contributed by atoms with E-state index in [0.29, 0.717) is 32.6 Å². The lowest BCUT2D eigenvalue weighted by Crippen LogP contribution is -2.44. The van der Waals surface area contributed by atoms with Crippen molar-refractivity contribution in [3.8, 4) is 6.07 Å². The van der Waals surface area contributed by atoms with Crippen molar-refractivity contribution in [3.63, 3.8) is 0 Å². The van der Waals surface area contributed by atoms with Crippen LogP contribution in [0.4, 0.5) is 11.6 Å². The first-order chi connectivity index (χ1) is 16.3. The average Bonchev–Trinajstić information content (AvgIpc) is 2.83. The number of hydrogen-bond donors (Lipinski definition) is 3. The van der Waals surface area contributed by atoms with Gasteiger partial charge in [0.2, 0.25) is 0 Å². The molecule has 1 aliphatic heterocycles. The van der Waals surface area contributed by atoms with Crippen LogP contribution in [0.5, 0.6) is 0 Å². The molecule has 0 unspecified atom stereocenters. The third-order valence-corrected chi connectivity index (χ3v) is 4.85. The van der Waals surface area contributed by atoms with Gasteiger partial charge in [-0.1, -0.05) is 0 Å². The highest BCUT2D eigenvalue weighted by atomic mass is 16.5. The molecular weight excluding hydrogens is 452 g/mol. The highest BCUT2D eigenvalue weighted by Gasteiger charge is 2.30. The normalized spacial score (nSPS) is 14.1. The van der Waals surface area contributed by atoms with E-state index in [2.05, 4.69) is 15.3 Å². The minimum absolute atomic E-state index is 0.0219. The number of nitriles is 1. The molecule has 0 saturated carbocycles. The molecule has 1 aliphatic rings. The van der Waals surface area contributed by atoms with Gasteiger partial charge in [-0.25, -0.2) is 14.8 Å². The number of methoxy groups -OCH3 is 1. The Balaban J connectivity index is 2.56. The van der Waals surface area contributed by atoms with Gasteiger partial charge in [0.25, 0.3) is 5.91 Å². The maximum Gasteiger partial charge on any atom is 0.326 e. The second-order valence-electron chi connectivity index (χ2n) is 7.18. The van der Waals surface area contributed by atoms with Crippen molar-refractivity contribution in [3.05, 3.63) is 11.4 Å². The van der Waals surface area contributed by atoms with Crippen molar-refractivity contribution in [2.24, 2.45) is 0 Å². The number of aromatic nitrogens is 2. The minimum Gasteiger partial charge on any atom is -0.481 e. The van der Waals surface area contributed by atoms with E-state index in [-0.39, 0.29) is 49.1 Å². The second kappa shape index (κ2) is 13.0. The van der Waals surface area contributed by atoms with Gasteiger partial charge in [-0.15, -0.1) is 0 Å². The van der Waals surface area contributed by atoms with Gasteiger partial charge in [-0.2, -0.15) is 5.26 Å². The van der Waals surface area contributed by atoms with Crippen LogP contribution in [0.3, 0.4) is 0 Å². The Labute approximate surface area is 195 Å². The van der Waals surface area contributed by atoms with Gasteiger partial charge in [0, 0.05) is 39.7 Å². The summed E-state index contributed by atoms with van der Waals surface area (Å²) in [4.78, 5) is 58.4. The first kappa shape index (κ1) is 26.4. The Hall–Kier alpha value is -3.83. The summed E-state index contributed by atoms with van der Waals surface area (Å²) in [7, 11) is 1.48. The predicted molar refractivity (Wildman–Crippen MR) is 116 cm³/mol. The van der Waals surface area contributed by atoms with E-state index in [1.54, 1.807) is 9.80 Å². The van der Waals surface area contributed by atoms with E-state index in [1.807, 2.05) is 6.07 Å². The zero-order valence-corrected chi connectivity index (χ0v) is 18.6. The molecule has 1 amide bonds. The Kier molecular flexibility index (Phi) is 10.1. The molecule has 1 saturated heterocycles. The van der Waals surface area contributed by atoms with E-state index < -0.39 is 30.3 Å². The Morgan fingerprint density at radius 2 is 2.00 bits per heavy atom. The number of nitrogens with one attached hydrogen (secondary N) is 1. The molecule has 1 fully saturated rings. The van der Waals surface area contributed by atoms with Gasteiger partial charge in [-0.05, 0) is 0 Å². The number of carboxylic acid groups (broad SMARTS) is 2. The third-order valence-electron chi connectivity index (χ3n) is 4.85. The molecule has 0 spiro atoms. The van der Waals surface area contributed by atoms with Crippen LogP contribution >= 0.6 is 0 Å². The molecule has 2 rings (SSSR count). The van der Waals surface area contributed by atoms with Gasteiger partial charge in [0.1, 0.15) is 18.4 Å². The van der Waals surface area contributed by atoms with Crippen LogP contribution in [-0.2, 0) is 23.9 Å². The van der Waals surface area contributed by atoms with Gasteiger partial charge in [0.05, 0.1) is 26.2 Å². The van der Waals surface area contributed by atoms with E-state index >= 15 is 0 Å². The Bertz CT molecular complexity index is 944. The number of carboxylic acids is 2. The van der Waals surface area contributed by atoms with Crippen molar-refractivity contribution >= 4 is 35.8 Å². The van der Waals surface area contributed by atoms with E-state index in [0.717, 1.165) is 0 Å². The molecule has 1 aromatic rings. The largest absolute Gasteiger partial charge is 0.481 e. The number of nitrogens with zero attached hydrogens (tertiary/aromatic N) is 5. The van der Waals surface area contributed by atoms with Crippen molar-refractivity contribution in [2.75, 3.05) is 62.9 Å². The van der Waals surface area contributed by atoms with Crippen LogP contribution in [0, 0.1) is 11.3 Å². The topological polar surface area (TPSA) is 195 Å². The third kappa shape index (κ3) is 7.09. The number of carbonyl (C=O) groups excluding carboxylic acids is 2. The zero-order valence-electron chi connectivity index (χ0n) is 18.6. The molecule has 184 valence electrons. The maximum absolute atomic E-state index is 13.1. The standard InChI is InChI=1S/C20H26N6O8/c1-33-8-4-25(3-2-7-27)17-14(12-21)22-18(26-5-9-34-10-6-26)16(24-17)19(30)23-13(20(31)32)11-15(28)29/h7,13H,2-6,8-11H2,1H3,(H,23,30)(H,28,29)(H,31,32)/t13-/m1/s1. The number of anilines is 2. The molecule has 34 heavy (non-hydrogen) atoms. The maximum atomic E-state index is 13.1. The second-order valence-corrected chi connectivity index (χ2v) is 7.18. The Morgan fingerprint density at radius 3 is 2.56 bits per heavy atom. The monoisotopic (exact) mass is 478 g/mol. The molecule has 0 radical (unpaired) electrons. The fraction of sp³-hybridized carbons (Fsp3) is 0.550. The molecule has 0 aromatic carbocycles. The van der Waals surface area contributed by atoms with Crippen molar-refractivity contribution < 1.29 is 38.9 Å². The lowest BCUT2D eigenvalue weighted by molar-refractivity contribution is -0.145. The summed E-state index contributed by atoms with van der Waals surface area (Å²) in [5, 5.41) is 30.2. The van der Waals surface area contributed by atoms with Crippen LogP contribution in [0.25, 0.3) is 0 Å². The molecule has 14 nitrogen and oxygen atoms in total. The summed E-state index contributed by atoms with van der Waals surface area (Å²) >= 11 is 0. The first-order valence-electron chi connectivity index (χ1n) is 10.4. The van der Waals surface area contributed by atoms with Crippen molar-refractivity contribution in [2.45, 2.75) is 18.9 Å². The smallest absolute Gasteiger partial charge is 0.326 e. The number of hydrogen-bond acceptors (Lipinski definition) is 11. The number of morpholine rings is 1. The van der Waals surface area contributed by atoms with Gasteiger partial charge in [0.15, 0.2) is 23.0 Å². The molecule has 14 heteroatoms. The molecular formula is C20H26N6O8. The van der Waals surface area contributed by atoms with E-state index in [1.165, 1.54) is 7.11 Å². The summed E-state index contributed by atoms with van der Waals surface area (Å²) in [6, 6.07) is 0.248. The molecule has 2 heterocycles. The minimum atomic E-state index is -1.71. The van der Waals surface area contributed by atoms with Crippen molar-refractivity contribution in [1.82, 2.24) is 15.3 Å².